The topological polar surface area (TPSA) is 92.5 Å². The molecule has 0 heterocycles. The van der Waals surface area contributed by atoms with Crippen LogP contribution in [0.5, 0.6) is 0 Å². The van der Waals surface area contributed by atoms with Gasteiger partial charge in [0, 0.05) is 5.56 Å². The van der Waals surface area contributed by atoms with Gasteiger partial charge in [-0.3, -0.25) is 9.69 Å². The first-order valence-electron chi connectivity index (χ1n) is 6.47. The van der Waals surface area contributed by atoms with Gasteiger partial charge in [0.25, 0.3) is 5.91 Å². The third-order valence-electron chi connectivity index (χ3n) is 3.15. The minimum atomic E-state index is -3.73. The van der Waals surface area contributed by atoms with Crippen LogP contribution in [0, 0.1) is 0 Å². The second-order valence-electron chi connectivity index (χ2n) is 4.44. The third kappa shape index (κ3) is 4.29. The normalized spacial score (nSPS) is 13.2. The third-order valence-corrected chi connectivity index (χ3v) is 4.07. The molecule has 1 aromatic rings. The number of amides is 1. The molecule has 7 heteroatoms. The molecule has 3 N–H and O–H groups in total. The van der Waals surface area contributed by atoms with Gasteiger partial charge in [-0.1, -0.05) is 13.8 Å². The first-order chi connectivity index (χ1) is 9.29. The minimum absolute atomic E-state index is 0.00848. The summed E-state index contributed by atoms with van der Waals surface area (Å²) in [6.07, 6.45) is -0.0876. The van der Waals surface area contributed by atoms with Crippen LogP contribution in [-0.4, -0.2) is 38.5 Å². The summed E-state index contributed by atoms with van der Waals surface area (Å²) in [7, 11) is -3.73. The highest BCUT2D eigenvalue weighted by molar-refractivity contribution is 7.89. The smallest absolute Gasteiger partial charge is 0.252 e. The zero-order valence-electron chi connectivity index (χ0n) is 12.0. The average Bonchev–Trinajstić information content (AvgIpc) is 2.39. The highest BCUT2D eigenvalue weighted by Gasteiger charge is 2.15. The van der Waals surface area contributed by atoms with Gasteiger partial charge in [-0.2, -0.15) is 0 Å². The molecule has 20 heavy (non-hydrogen) atoms. The van der Waals surface area contributed by atoms with Gasteiger partial charge in [-0.05, 0) is 44.3 Å². The number of nitrogens with one attached hydrogen (secondary N) is 1. The number of carbonyl (C=O) groups is 1. The summed E-state index contributed by atoms with van der Waals surface area (Å²) in [6.45, 7) is 7.62. The van der Waals surface area contributed by atoms with Crippen LogP contribution in [0.25, 0.3) is 0 Å². The van der Waals surface area contributed by atoms with E-state index in [9.17, 15) is 13.2 Å². The van der Waals surface area contributed by atoms with Crippen LogP contribution >= 0.6 is 0 Å². The van der Waals surface area contributed by atoms with E-state index >= 15 is 0 Å². The zero-order valence-corrected chi connectivity index (χ0v) is 12.8. The van der Waals surface area contributed by atoms with E-state index in [1.807, 2.05) is 20.8 Å². The molecular weight excluding hydrogens is 278 g/mol. The average molecular weight is 299 g/mol. The molecule has 0 saturated carbocycles. The number of sulfonamides is 1. The Hall–Kier alpha value is -1.44. The van der Waals surface area contributed by atoms with Gasteiger partial charge >= 0.3 is 0 Å². The maximum absolute atomic E-state index is 12.0. The van der Waals surface area contributed by atoms with Crippen LogP contribution in [0.4, 0.5) is 0 Å². The molecule has 1 unspecified atom stereocenters. The summed E-state index contributed by atoms with van der Waals surface area (Å²) in [5.74, 6) is -0.245. The van der Waals surface area contributed by atoms with E-state index in [1.165, 1.54) is 24.3 Å². The fourth-order valence-electron chi connectivity index (χ4n) is 1.93. The molecule has 1 aromatic carbocycles. The number of carbonyl (C=O) groups excluding carboxylic acids is 1. The first kappa shape index (κ1) is 16.6. The largest absolute Gasteiger partial charge is 0.337 e. The van der Waals surface area contributed by atoms with Crippen molar-refractivity contribution in [1.82, 2.24) is 10.2 Å². The Balaban J connectivity index is 2.78. The number of nitrogens with two attached hydrogens (primary N) is 1. The van der Waals surface area contributed by atoms with Crippen LogP contribution in [-0.2, 0) is 10.0 Å². The van der Waals surface area contributed by atoms with Crippen molar-refractivity contribution in [2.24, 2.45) is 5.14 Å². The molecule has 0 bridgehead atoms. The van der Waals surface area contributed by atoms with Gasteiger partial charge < -0.3 is 5.32 Å². The van der Waals surface area contributed by atoms with Crippen molar-refractivity contribution in [3.05, 3.63) is 29.8 Å². The van der Waals surface area contributed by atoms with Crippen molar-refractivity contribution in [1.29, 1.82) is 0 Å². The second kappa shape index (κ2) is 6.83. The quantitative estimate of drug-likeness (QED) is 0.758. The number of hydrogen-bond donors (Lipinski definition) is 2. The molecule has 0 aliphatic carbocycles. The molecule has 0 aliphatic heterocycles. The van der Waals surface area contributed by atoms with Crippen molar-refractivity contribution in [2.45, 2.75) is 31.8 Å². The molecular formula is C13H21N3O3S. The van der Waals surface area contributed by atoms with Gasteiger partial charge in [0.1, 0.15) is 0 Å². The SMILES string of the molecule is CCN(CC)C(C)NC(=O)c1ccc(S(N)(=O)=O)cc1. The van der Waals surface area contributed by atoms with Gasteiger partial charge in [-0.25, -0.2) is 13.6 Å². The lowest BCUT2D eigenvalue weighted by Crippen LogP contribution is -2.46. The predicted octanol–water partition coefficient (Wildman–Crippen LogP) is 0.752. The lowest BCUT2D eigenvalue weighted by molar-refractivity contribution is 0.0875. The van der Waals surface area contributed by atoms with Crippen molar-refractivity contribution in [3.8, 4) is 0 Å². The minimum Gasteiger partial charge on any atom is -0.337 e. The number of rotatable bonds is 6. The van der Waals surface area contributed by atoms with Crippen molar-refractivity contribution in [2.75, 3.05) is 13.1 Å². The van der Waals surface area contributed by atoms with E-state index in [-0.39, 0.29) is 17.0 Å². The Kier molecular flexibility index (Phi) is 5.67. The van der Waals surface area contributed by atoms with Crippen molar-refractivity contribution < 1.29 is 13.2 Å². The fraction of sp³-hybridized carbons (Fsp3) is 0.462. The summed E-state index contributed by atoms with van der Waals surface area (Å²) in [4.78, 5) is 14.1. The molecule has 112 valence electrons. The summed E-state index contributed by atoms with van der Waals surface area (Å²) in [5.41, 5.74) is 0.399. The Labute approximate surface area is 120 Å². The van der Waals surface area contributed by atoms with E-state index in [0.717, 1.165) is 13.1 Å². The Morgan fingerprint density at radius 1 is 1.25 bits per heavy atom. The molecule has 0 spiro atoms. The Bertz CT molecular complexity index is 551. The van der Waals surface area contributed by atoms with Crippen LogP contribution < -0.4 is 10.5 Å². The summed E-state index contributed by atoms with van der Waals surface area (Å²) < 4.78 is 22.3. The molecule has 0 radical (unpaired) electrons. The standard InChI is InChI=1S/C13H21N3O3S/c1-4-16(5-2)10(3)15-13(17)11-6-8-12(9-7-11)20(14,18)19/h6-10H,4-5H2,1-3H3,(H,15,17)(H2,14,18,19). The number of hydrogen-bond acceptors (Lipinski definition) is 4. The monoisotopic (exact) mass is 299 g/mol. The molecule has 6 nitrogen and oxygen atoms in total. The Morgan fingerprint density at radius 3 is 2.15 bits per heavy atom. The molecule has 0 fully saturated rings. The second-order valence-corrected chi connectivity index (χ2v) is 6.00. The molecule has 0 saturated heterocycles. The van der Waals surface area contributed by atoms with E-state index in [4.69, 9.17) is 5.14 Å². The number of nitrogens with zero attached hydrogens (tertiary/aromatic N) is 1. The predicted molar refractivity (Wildman–Crippen MR) is 77.7 cm³/mol. The van der Waals surface area contributed by atoms with Gasteiger partial charge in [0.05, 0.1) is 11.1 Å². The molecule has 1 atom stereocenters. The maximum Gasteiger partial charge on any atom is 0.252 e. The van der Waals surface area contributed by atoms with Crippen molar-refractivity contribution in [3.63, 3.8) is 0 Å². The van der Waals surface area contributed by atoms with Crippen LogP contribution in [0.3, 0.4) is 0 Å². The lowest BCUT2D eigenvalue weighted by atomic mass is 10.2. The molecule has 0 aromatic heterocycles. The van der Waals surface area contributed by atoms with E-state index < -0.39 is 10.0 Å². The van der Waals surface area contributed by atoms with Gasteiger partial charge in [-0.15, -0.1) is 0 Å². The first-order valence-corrected chi connectivity index (χ1v) is 8.02. The maximum atomic E-state index is 12.0. The fourth-order valence-corrected chi connectivity index (χ4v) is 2.45. The van der Waals surface area contributed by atoms with Crippen molar-refractivity contribution >= 4 is 15.9 Å². The molecule has 1 amide bonds. The highest BCUT2D eigenvalue weighted by Crippen LogP contribution is 2.09. The number of benzene rings is 1. The summed E-state index contributed by atoms with van der Waals surface area (Å²) >= 11 is 0. The van der Waals surface area contributed by atoms with E-state index in [2.05, 4.69) is 10.2 Å². The molecule has 0 aliphatic rings. The van der Waals surface area contributed by atoms with Gasteiger partial charge in [0.15, 0.2) is 0 Å². The highest BCUT2D eigenvalue weighted by atomic mass is 32.2. The van der Waals surface area contributed by atoms with E-state index in [1.54, 1.807) is 0 Å². The van der Waals surface area contributed by atoms with E-state index in [0.29, 0.717) is 5.56 Å². The van der Waals surface area contributed by atoms with Gasteiger partial charge in [0.2, 0.25) is 10.0 Å². The van der Waals surface area contributed by atoms with Crippen LogP contribution in [0.15, 0.2) is 29.2 Å². The van der Waals surface area contributed by atoms with Crippen LogP contribution in [0.2, 0.25) is 0 Å². The molecule has 1 rings (SSSR count). The van der Waals surface area contributed by atoms with Crippen LogP contribution in [0.1, 0.15) is 31.1 Å². The number of primary sulfonamides is 1. The summed E-state index contributed by atoms with van der Waals surface area (Å²) in [6, 6.07) is 5.55. The zero-order chi connectivity index (χ0) is 15.3. The summed E-state index contributed by atoms with van der Waals surface area (Å²) in [5, 5.41) is 7.87. The Morgan fingerprint density at radius 2 is 1.75 bits per heavy atom. The lowest BCUT2D eigenvalue weighted by Gasteiger charge is -2.27.